The smallest absolute Gasteiger partial charge is 0.240 e. The number of rotatable bonds is 6. The summed E-state index contributed by atoms with van der Waals surface area (Å²) in [5.41, 5.74) is 5.77. The Morgan fingerprint density at radius 3 is 2.82 bits per heavy atom. The second-order valence-electron chi connectivity index (χ2n) is 4.05. The summed E-state index contributed by atoms with van der Waals surface area (Å²) in [6.07, 6.45) is 2.18. The molecule has 0 spiro atoms. The normalized spacial score (nSPS) is 18.4. The average molecular weight is 281 g/mol. The number of nitrogens with two attached hydrogens (primary N) is 1. The molecule has 0 unspecified atom stereocenters. The van der Waals surface area contributed by atoms with Crippen LogP contribution < -0.4 is 10.5 Å². The zero-order valence-electron chi connectivity index (χ0n) is 9.89. The highest BCUT2D eigenvalue weighted by Crippen LogP contribution is 2.14. The Morgan fingerprint density at radius 1 is 1.59 bits per heavy atom. The van der Waals surface area contributed by atoms with Crippen molar-refractivity contribution in [2.45, 2.75) is 18.9 Å². The highest BCUT2D eigenvalue weighted by atomic mass is 32.2. The molecule has 17 heavy (non-hydrogen) atoms. The highest BCUT2D eigenvalue weighted by Gasteiger charge is 2.23. The van der Waals surface area contributed by atoms with Gasteiger partial charge < -0.3 is 10.6 Å². The van der Waals surface area contributed by atoms with Gasteiger partial charge in [-0.25, -0.2) is 13.1 Å². The number of amides is 1. The van der Waals surface area contributed by atoms with Gasteiger partial charge in [-0.2, -0.15) is 0 Å². The molecular weight excluding hydrogens is 262 g/mol. The van der Waals surface area contributed by atoms with Gasteiger partial charge in [0.1, 0.15) is 0 Å². The van der Waals surface area contributed by atoms with Gasteiger partial charge in [-0.1, -0.05) is 0 Å². The molecule has 3 N–H and O–H groups in total. The fourth-order valence-electron chi connectivity index (χ4n) is 1.53. The Balaban J connectivity index is 2.20. The number of nitrogens with one attached hydrogen (secondary N) is 1. The fraction of sp³-hybridized carbons (Fsp3) is 0.889. The lowest BCUT2D eigenvalue weighted by molar-refractivity contribution is -0.131. The lowest BCUT2D eigenvalue weighted by Crippen LogP contribution is -2.42. The first-order valence-corrected chi connectivity index (χ1v) is 8.51. The zero-order chi connectivity index (χ0) is 12.9. The van der Waals surface area contributed by atoms with Gasteiger partial charge in [0.05, 0.1) is 18.2 Å². The van der Waals surface area contributed by atoms with E-state index in [4.69, 9.17) is 5.73 Å². The molecule has 0 aromatic rings. The van der Waals surface area contributed by atoms with Gasteiger partial charge in [-0.3, -0.25) is 4.79 Å². The van der Waals surface area contributed by atoms with Crippen molar-refractivity contribution in [1.82, 2.24) is 9.62 Å². The molecule has 1 amide bonds. The quantitative estimate of drug-likeness (QED) is 0.620. The monoisotopic (exact) mass is 281 g/mol. The number of sulfonamides is 1. The SMILES string of the molecule is CS(=O)(=O)NCCC[C@H](N)C(=O)N1CCSC1. The van der Waals surface area contributed by atoms with Crippen molar-refractivity contribution >= 4 is 27.7 Å². The molecule has 0 radical (unpaired) electrons. The van der Waals surface area contributed by atoms with Crippen LogP contribution in [0.15, 0.2) is 0 Å². The number of carbonyl (C=O) groups is 1. The second kappa shape index (κ2) is 6.58. The third-order valence-corrected chi connectivity index (χ3v) is 4.13. The van der Waals surface area contributed by atoms with E-state index in [0.717, 1.165) is 18.6 Å². The summed E-state index contributed by atoms with van der Waals surface area (Å²) in [5.74, 6) is 1.65. The third kappa shape index (κ3) is 5.71. The summed E-state index contributed by atoms with van der Waals surface area (Å²) < 4.78 is 24.0. The van der Waals surface area contributed by atoms with Crippen LogP contribution in [-0.2, 0) is 14.8 Å². The molecule has 1 saturated heterocycles. The lowest BCUT2D eigenvalue weighted by Gasteiger charge is -2.19. The number of thioether (sulfide) groups is 1. The minimum Gasteiger partial charge on any atom is -0.331 e. The maximum atomic E-state index is 11.8. The standard InChI is InChI=1S/C9H19N3O3S2/c1-17(14,15)11-4-2-3-8(10)9(13)12-5-6-16-7-12/h8,11H,2-7,10H2,1H3/t8-/m0/s1. The van der Waals surface area contributed by atoms with Crippen molar-refractivity contribution in [2.24, 2.45) is 5.73 Å². The number of hydrogen-bond acceptors (Lipinski definition) is 5. The molecule has 0 aromatic carbocycles. The first-order valence-electron chi connectivity index (χ1n) is 5.47. The Kier molecular flexibility index (Phi) is 5.71. The van der Waals surface area contributed by atoms with Gasteiger partial charge in [0.2, 0.25) is 15.9 Å². The summed E-state index contributed by atoms with van der Waals surface area (Å²) in [5, 5.41) is 0. The zero-order valence-corrected chi connectivity index (χ0v) is 11.5. The molecule has 100 valence electrons. The molecule has 1 fully saturated rings. The summed E-state index contributed by atoms with van der Waals surface area (Å²) in [6.45, 7) is 1.09. The molecule has 6 nitrogen and oxygen atoms in total. The topological polar surface area (TPSA) is 92.5 Å². The first-order chi connectivity index (χ1) is 7.90. The summed E-state index contributed by atoms with van der Waals surface area (Å²) in [7, 11) is -3.15. The van der Waals surface area contributed by atoms with Gasteiger partial charge in [-0.05, 0) is 12.8 Å². The molecule has 1 heterocycles. The predicted molar refractivity (Wildman–Crippen MR) is 69.1 cm³/mol. The Hall–Kier alpha value is -0.310. The van der Waals surface area contributed by atoms with Crippen LogP contribution in [0.1, 0.15) is 12.8 Å². The van der Waals surface area contributed by atoms with E-state index in [0.29, 0.717) is 25.3 Å². The Labute approximate surface area is 106 Å². The van der Waals surface area contributed by atoms with Crippen molar-refractivity contribution in [3.05, 3.63) is 0 Å². The number of nitrogens with zero attached hydrogens (tertiary/aromatic N) is 1. The molecule has 0 bridgehead atoms. The van der Waals surface area contributed by atoms with Crippen molar-refractivity contribution in [3.63, 3.8) is 0 Å². The Morgan fingerprint density at radius 2 is 2.29 bits per heavy atom. The van der Waals surface area contributed by atoms with Crippen LogP contribution >= 0.6 is 11.8 Å². The van der Waals surface area contributed by atoms with E-state index in [1.807, 2.05) is 0 Å². The van der Waals surface area contributed by atoms with E-state index in [1.54, 1.807) is 16.7 Å². The fourth-order valence-corrected chi connectivity index (χ4v) is 3.00. The van der Waals surface area contributed by atoms with E-state index in [2.05, 4.69) is 4.72 Å². The van der Waals surface area contributed by atoms with Crippen molar-refractivity contribution in [3.8, 4) is 0 Å². The van der Waals surface area contributed by atoms with Gasteiger partial charge in [0.25, 0.3) is 0 Å². The molecule has 0 aromatic heterocycles. The van der Waals surface area contributed by atoms with Crippen molar-refractivity contribution < 1.29 is 13.2 Å². The van der Waals surface area contributed by atoms with Crippen molar-refractivity contribution in [1.29, 1.82) is 0 Å². The molecule has 0 aliphatic carbocycles. The van der Waals surface area contributed by atoms with Crippen LogP contribution in [0.2, 0.25) is 0 Å². The van der Waals surface area contributed by atoms with Crippen LogP contribution in [0.5, 0.6) is 0 Å². The maximum absolute atomic E-state index is 11.8. The van der Waals surface area contributed by atoms with E-state index >= 15 is 0 Å². The minimum atomic E-state index is -3.15. The molecule has 1 aliphatic heterocycles. The summed E-state index contributed by atoms with van der Waals surface area (Å²) >= 11 is 1.72. The van der Waals surface area contributed by atoms with Crippen LogP contribution in [0.4, 0.5) is 0 Å². The van der Waals surface area contributed by atoms with E-state index in [1.165, 1.54) is 0 Å². The van der Waals surface area contributed by atoms with Gasteiger partial charge in [0.15, 0.2) is 0 Å². The largest absolute Gasteiger partial charge is 0.331 e. The number of hydrogen-bond donors (Lipinski definition) is 2. The van der Waals surface area contributed by atoms with E-state index in [-0.39, 0.29) is 5.91 Å². The molecule has 1 rings (SSSR count). The van der Waals surface area contributed by atoms with Crippen LogP contribution in [0.25, 0.3) is 0 Å². The van der Waals surface area contributed by atoms with Crippen LogP contribution in [0, 0.1) is 0 Å². The van der Waals surface area contributed by atoms with Crippen LogP contribution in [-0.4, -0.2) is 56.2 Å². The van der Waals surface area contributed by atoms with Gasteiger partial charge in [-0.15, -0.1) is 11.8 Å². The molecule has 0 saturated carbocycles. The van der Waals surface area contributed by atoms with Gasteiger partial charge >= 0.3 is 0 Å². The van der Waals surface area contributed by atoms with E-state index < -0.39 is 16.1 Å². The highest BCUT2D eigenvalue weighted by molar-refractivity contribution is 7.99. The molecule has 1 aliphatic rings. The second-order valence-corrected chi connectivity index (χ2v) is 6.96. The van der Waals surface area contributed by atoms with Gasteiger partial charge in [0, 0.05) is 18.8 Å². The van der Waals surface area contributed by atoms with Crippen LogP contribution in [0.3, 0.4) is 0 Å². The average Bonchev–Trinajstić information content (AvgIpc) is 2.74. The summed E-state index contributed by atoms with van der Waals surface area (Å²) in [4.78, 5) is 13.5. The summed E-state index contributed by atoms with van der Waals surface area (Å²) in [6, 6.07) is -0.518. The maximum Gasteiger partial charge on any atom is 0.240 e. The Bertz CT molecular complexity index is 352. The molecule has 8 heteroatoms. The predicted octanol–water partition coefficient (Wildman–Crippen LogP) is -0.824. The first kappa shape index (κ1) is 14.7. The van der Waals surface area contributed by atoms with Crippen molar-refractivity contribution in [2.75, 3.05) is 31.0 Å². The lowest BCUT2D eigenvalue weighted by atomic mass is 10.1. The number of carbonyl (C=O) groups excluding carboxylic acids is 1. The third-order valence-electron chi connectivity index (χ3n) is 2.44. The van der Waals surface area contributed by atoms with E-state index in [9.17, 15) is 13.2 Å². The molecule has 1 atom stereocenters. The molecular formula is C9H19N3O3S2. The minimum absolute atomic E-state index is 0.0330.